The Labute approximate surface area is 152 Å². The van der Waals surface area contributed by atoms with Gasteiger partial charge in [0.15, 0.2) is 0 Å². The van der Waals surface area contributed by atoms with E-state index in [0.717, 1.165) is 51.2 Å². The van der Waals surface area contributed by atoms with Crippen LogP contribution in [0.25, 0.3) is 0 Å². The molecule has 0 bridgehead atoms. The number of nitrogens with zero attached hydrogens (tertiary/aromatic N) is 2. The summed E-state index contributed by atoms with van der Waals surface area (Å²) in [4.78, 5) is 29.5. The van der Waals surface area contributed by atoms with Gasteiger partial charge in [0.25, 0.3) is 0 Å². The molecule has 2 heterocycles. The van der Waals surface area contributed by atoms with Crippen LogP contribution in [0.1, 0.15) is 70.6 Å². The van der Waals surface area contributed by atoms with Gasteiger partial charge in [0.05, 0.1) is 5.41 Å². The molecular weight excluding hydrogens is 312 g/mol. The van der Waals surface area contributed by atoms with Crippen molar-refractivity contribution in [3.8, 4) is 0 Å². The zero-order valence-corrected chi connectivity index (χ0v) is 15.7. The van der Waals surface area contributed by atoms with Gasteiger partial charge < -0.3 is 9.80 Å². The Balaban J connectivity index is 1.54. The van der Waals surface area contributed by atoms with Gasteiger partial charge in [-0.25, -0.2) is 0 Å². The second-order valence-corrected chi connectivity index (χ2v) is 8.36. The summed E-state index contributed by atoms with van der Waals surface area (Å²) in [6.07, 6.45) is 13.9. The number of amides is 2. The molecule has 0 radical (unpaired) electrons. The molecule has 4 nitrogen and oxygen atoms in total. The van der Waals surface area contributed by atoms with Crippen molar-refractivity contribution in [2.75, 3.05) is 26.2 Å². The molecule has 0 aromatic rings. The van der Waals surface area contributed by atoms with E-state index in [2.05, 4.69) is 11.5 Å². The molecule has 0 N–H and O–H groups in total. The van der Waals surface area contributed by atoms with E-state index in [1.165, 1.54) is 38.5 Å². The third-order valence-electron chi connectivity index (χ3n) is 6.63. The van der Waals surface area contributed by atoms with Crippen molar-refractivity contribution >= 4 is 11.8 Å². The molecule has 0 aromatic carbocycles. The van der Waals surface area contributed by atoms with Crippen LogP contribution in [0.5, 0.6) is 0 Å². The van der Waals surface area contributed by atoms with Crippen LogP contribution in [0.4, 0.5) is 0 Å². The first-order chi connectivity index (χ1) is 12.1. The molecule has 1 aliphatic carbocycles. The molecule has 0 unspecified atom stereocenters. The highest BCUT2D eigenvalue weighted by Crippen LogP contribution is 2.40. The average Bonchev–Trinajstić information content (AvgIpc) is 3.07. The summed E-state index contributed by atoms with van der Waals surface area (Å²) in [5, 5.41) is 0. The summed E-state index contributed by atoms with van der Waals surface area (Å²) >= 11 is 0. The zero-order valence-electron chi connectivity index (χ0n) is 15.7. The first-order valence-corrected chi connectivity index (χ1v) is 10.3. The van der Waals surface area contributed by atoms with Gasteiger partial charge in [0, 0.05) is 32.6 Å². The molecule has 25 heavy (non-hydrogen) atoms. The van der Waals surface area contributed by atoms with Crippen LogP contribution in [0, 0.1) is 11.3 Å². The standard InChI is InChI=1S/C21H34N2O2/c1-2-3-10-19(24)23-16-13-21(17-23)12-7-14-22(20(21)25)15-11-18-8-5-4-6-9-18/h2,18H,1,3-17H2/t21-/m1/s1. The van der Waals surface area contributed by atoms with Crippen LogP contribution in [0.15, 0.2) is 12.7 Å². The van der Waals surface area contributed by atoms with Crippen LogP contribution in [-0.4, -0.2) is 47.8 Å². The molecule has 1 atom stereocenters. The predicted octanol–water partition coefficient (Wildman–Crippen LogP) is 3.76. The lowest BCUT2D eigenvalue weighted by Gasteiger charge is -2.40. The highest BCUT2D eigenvalue weighted by Gasteiger charge is 2.49. The predicted molar refractivity (Wildman–Crippen MR) is 100 cm³/mol. The normalized spacial score (nSPS) is 27.9. The third kappa shape index (κ3) is 4.27. The lowest BCUT2D eigenvalue weighted by molar-refractivity contribution is -0.146. The largest absolute Gasteiger partial charge is 0.342 e. The van der Waals surface area contributed by atoms with Crippen molar-refractivity contribution in [1.29, 1.82) is 0 Å². The van der Waals surface area contributed by atoms with Crippen LogP contribution in [0.2, 0.25) is 0 Å². The number of likely N-dealkylation sites (tertiary alicyclic amines) is 2. The minimum Gasteiger partial charge on any atom is -0.342 e. The lowest BCUT2D eigenvalue weighted by Crippen LogP contribution is -2.50. The number of rotatable bonds is 6. The Kier molecular flexibility index (Phi) is 6.19. The monoisotopic (exact) mass is 346 g/mol. The molecule has 2 amide bonds. The van der Waals surface area contributed by atoms with Crippen molar-refractivity contribution < 1.29 is 9.59 Å². The van der Waals surface area contributed by atoms with Crippen LogP contribution in [-0.2, 0) is 9.59 Å². The average molecular weight is 347 g/mol. The molecule has 1 spiro atoms. The molecule has 3 rings (SSSR count). The summed E-state index contributed by atoms with van der Waals surface area (Å²) in [5.41, 5.74) is -0.283. The molecule has 3 fully saturated rings. The minimum atomic E-state index is -0.283. The van der Waals surface area contributed by atoms with E-state index in [-0.39, 0.29) is 11.3 Å². The van der Waals surface area contributed by atoms with E-state index >= 15 is 0 Å². The van der Waals surface area contributed by atoms with Gasteiger partial charge >= 0.3 is 0 Å². The Morgan fingerprint density at radius 1 is 1.16 bits per heavy atom. The Morgan fingerprint density at radius 2 is 1.96 bits per heavy atom. The summed E-state index contributed by atoms with van der Waals surface area (Å²) in [5.74, 6) is 1.33. The quantitative estimate of drug-likeness (QED) is 0.687. The smallest absolute Gasteiger partial charge is 0.230 e. The van der Waals surface area contributed by atoms with E-state index in [1.54, 1.807) is 6.08 Å². The number of carbonyl (C=O) groups excluding carboxylic acids is 2. The van der Waals surface area contributed by atoms with E-state index in [0.29, 0.717) is 18.9 Å². The van der Waals surface area contributed by atoms with Gasteiger partial charge in [-0.05, 0) is 38.0 Å². The van der Waals surface area contributed by atoms with E-state index in [4.69, 9.17) is 0 Å². The Bertz CT molecular complexity index is 498. The fourth-order valence-electron chi connectivity index (χ4n) is 5.03. The summed E-state index contributed by atoms with van der Waals surface area (Å²) in [6.45, 7) is 6.92. The molecular formula is C21H34N2O2. The van der Waals surface area contributed by atoms with Gasteiger partial charge in [-0.15, -0.1) is 6.58 Å². The summed E-state index contributed by atoms with van der Waals surface area (Å²) in [7, 11) is 0. The van der Waals surface area contributed by atoms with Crippen LogP contribution < -0.4 is 0 Å². The zero-order chi connectivity index (χ0) is 17.7. The number of allylic oxidation sites excluding steroid dienone is 1. The van der Waals surface area contributed by atoms with Gasteiger partial charge in [0.2, 0.25) is 11.8 Å². The third-order valence-corrected chi connectivity index (χ3v) is 6.63. The maximum Gasteiger partial charge on any atom is 0.230 e. The first-order valence-electron chi connectivity index (χ1n) is 10.3. The van der Waals surface area contributed by atoms with Crippen LogP contribution >= 0.6 is 0 Å². The molecule has 2 aliphatic heterocycles. The highest BCUT2D eigenvalue weighted by molar-refractivity contribution is 5.86. The summed E-state index contributed by atoms with van der Waals surface area (Å²) in [6, 6.07) is 0. The summed E-state index contributed by atoms with van der Waals surface area (Å²) < 4.78 is 0. The van der Waals surface area contributed by atoms with Gasteiger partial charge in [-0.1, -0.05) is 38.2 Å². The number of hydrogen-bond acceptors (Lipinski definition) is 2. The number of hydrogen-bond donors (Lipinski definition) is 0. The van der Waals surface area contributed by atoms with Crippen molar-refractivity contribution in [3.05, 3.63) is 12.7 Å². The molecule has 4 heteroatoms. The molecule has 3 aliphatic rings. The second kappa shape index (κ2) is 8.37. The van der Waals surface area contributed by atoms with E-state index < -0.39 is 0 Å². The topological polar surface area (TPSA) is 40.6 Å². The molecule has 2 saturated heterocycles. The maximum absolute atomic E-state index is 13.2. The first kappa shape index (κ1) is 18.5. The van der Waals surface area contributed by atoms with Gasteiger partial charge in [-0.3, -0.25) is 9.59 Å². The van der Waals surface area contributed by atoms with Crippen LogP contribution in [0.3, 0.4) is 0 Å². The Hall–Kier alpha value is -1.32. The van der Waals surface area contributed by atoms with Crippen molar-refractivity contribution in [3.63, 3.8) is 0 Å². The highest BCUT2D eigenvalue weighted by atomic mass is 16.2. The molecule has 140 valence electrons. The van der Waals surface area contributed by atoms with Gasteiger partial charge in [0.1, 0.15) is 0 Å². The molecule has 0 aromatic heterocycles. The minimum absolute atomic E-state index is 0.184. The van der Waals surface area contributed by atoms with Crippen molar-refractivity contribution in [1.82, 2.24) is 9.80 Å². The maximum atomic E-state index is 13.2. The lowest BCUT2D eigenvalue weighted by atomic mass is 9.78. The van der Waals surface area contributed by atoms with Gasteiger partial charge in [-0.2, -0.15) is 0 Å². The fraction of sp³-hybridized carbons (Fsp3) is 0.810. The molecule has 1 saturated carbocycles. The van der Waals surface area contributed by atoms with E-state index in [1.807, 2.05) is 4.90 Å². The van der Waals surface area contributed by atoms with E-state index in [9.17, 15) is 9.59 Å². The number of piperidine rings is 1. The number of carbonyl (C=O) groups is 2. The van der Waals surface area contributed by atoms with Crippen molar-refractivity contribution in [2.45, 2.75) is 70.6 Å². The second-order valence-electron chi connectivity index (χ2n) is 8.36. The van der Waals surface area contributed by atoms with Crippen molar-refractivity contribution in [2.24, 2.45) is 11.3 Å². The Morgan fingerprint density at radius 3 is 2.72 bits per heavy atom. The SMILES string of the molecule is C=CCCC(=O)N1CC[C@]2(CCCN(CCC3CCCCC3)C2=O)C1. The fourth-order valence-corrected chi connectivity index (χ4v) is 5.03.